The van der Waals surface area contributed by atoms with Gasteiger partial charge < -0.3 is 11.1 Å². The molecular weight excluding hydrogens is 599 g/mol. The second-order valence-electron chi connectivity index (χ2n) is 8.54. The van der Waals surface area contributed by atoms with E-state index in [0.717, 1.165) is 12.1 Å². The van der Waals surface area contributed by atoms with Gasteiger partial charge in [-0.2, -0.15) is 4.68 Å². The van der Waals surface area contributed by atoms with E-state index in [-0.39, 0.29) is 26.3 Å². The second-order valence-corrected chi connectivity index (χ2v) is 11.0. The standard InChI is InChI=1S/C25H15Cl2F2N9O2S/c26-12-3-1-6-18(20(12)27)41(39,40)36-15-8-7-13(28)22(21(15)29)34-25-24-16(31-11-32-25)9-10-19(33-24)38-17-5-2-4-14(30)23(17)35-37-38/h1-11,36H,30H2,(H,31,32,34). The van der Waals surface area contributed by atoms with Crippen molar-refractivity contribution in [1.29, 1.82) is 0 Å². The molecule has 0 saturated heterocycles. The van der Waals surface area contributed by atoms with Crippen molar-refractivity contribution in [3.63, 3.8) is 0 Å². The van der Waals surface area contributed by atoms with E-state index < -0.39 is 33.0 Å². The first kappa shape index (κ1) is 26.6. The van der Waals surface area contributed by atoms with Crippen LogP contribution in [0.5, 0.6) is 0 Å². The molecule has 16 heteroatoms. The van der Waals surface area contributed by atoms with E-state index in [4.69, 9.17) is 28.9 Å². The normalized spacial score (nSPS) is 11.7. The number of halogens is 4. The summed E-state index contributed by atoms with van der Waals surface area (Å²) in [6.07, 6.45) is 1.18. The lowest BCUT2D eigenvalue weighted by Crippen LogP contribution is -2.15. The first-order valence-corrected chi connectivity index (χ1v) is 13.8. The third kappa shape index (κ3) is 4.71. The molecule has 3 aromatic heterocycles. The molecule has 0 atom stereocenters. The van der Waals surface area contributed by atoms with Crippen LogP contribution < -0.4 is 15.8 Å². The number of nitrogen functional groups attached to an aromatic ring is 1. The zero-order valence-electron chi connectivity index (χ0n) is 20.3. The largest absolute Gasteiger partial charge is 0.397 e. The predicted octanol–water partition coefficient (Wildman–Crippen LogP) is 5.47. The van der Waals surface area contributed by atoms with Gasteiger partial charge in [-0.15, -0.1) is 5.10 Å². The molecule has 0 spiro atoms. The van der Waals surface area contributed by atoms with Crippen LogP contribution in [0.25, 0.3) is 27.9 Å². The summed E-state index contributed by atoms with van der Waals surface area (Å²) in [7, 11) is -4.40. The summed E-state index contributed by atoms with van der Waals surface area (Å²) in [5.74, 6) is -2.01. The van der Waals surface area contributed by atoms with Gasteiger partial charge in [-0.05, 0) is 48.5 Å². The molecular formula is C25H15Cl2F2N9O2S. The van der Waals surface area contributed by atoms with E-state index in [1.807, 2.05) is 0 Å². The predicted molar refractivity (Wildman–Crippen MR) is 151 cm³/mol. The smallest absolute Gasteiger partial charge is 0.263 e. The number of nitrogens with zero attached hydrogens (tertiary/aromatic N) is 6. The van der Waals surface area contributed by atoms with Crippen molar-refractivity contribution in [3.8, 4) is 5.82 Å². The maximum atomic E-state index is 15.6. The molecule has 11 nitrogen and oxygen atoms in total. The van der Waals surface area contributed by atoms with Crippen molar-refractivity contribution < 1.29 is 17.2 Å². The third-order valence-corrected chi connectivity index (χ3v) is 8.32. The number of hydrogen-bond donors (Lipinski definition) is 3. The number of fused-ring (bicyclic) bond motifs is 2. The summed E-state index contributed by atoms with van der Waals surface area (Å²) >= 11 is 12.0. The summed E-state index contributed by atoms with van der Waals surface area (Å²) in [5.41, 5.74) is 6.72. The Kier molecular flexibility index (Phi) is 6.52. The van der Waals surface area contributed by atoms with Gasteiger partial charge in [0.15, 0.2) is 17.5 Å². The van der Waals surface area contributed by atoms with Gasteiger partial charge in [0.25, 0.3) is 10.0 Å². The van der Waals surface area contributed by atoms with Crippen LogP contribution in [0.15, 0.2) is 71.9 Å². The topological polar surface area (TPSA) is 154 Å². The lowest BCUT2D eigenvalue weighted by atomic mass is 10.2. The Hall–Kier alpha value is -4.66. The van der Waals surface area contributed by atoms with Crippen molar-refractivity contribution in [2.24, 2.45) is 0 Å². The number of pyridine rings is 1. The minimum atomic E-state index is -4.40. The van der Waals surface area contributed by atoms with Gasteiger partial charge in [0.05, 0.1) is 32.5 Å². The highest BCUT2D eigenvalue weighted by Gasteiger charge is 2.24. The van der Waals surface area contributed by atoms with E-state index in [2.05, 4.69) is 35.3 Å². The molecule has 0 aliphatic carbocycles. The fraction of sp³-hybridized carbons (Fsp3) is 0. The molecule has 0 unspecified atom stereocenters. The number of sulfonamides is 1. The number of rotatable bonds is 6. The van der Waals surface area contributed by atoms with Crippen LogP contribution in [0.1, 0.15) is 0 Å². The third-order valence-electron chi connectivity index (χ3n) is 5.98. The lowest BCUT2D eigenvalue weighted by molar-refractivity contribution is 0.588. The summed E-state index contributed by atoms with van der Waals surface area (Å²) in [6.45, 7) is 0. The molecule has 3 aromatic carbocycles. The van der Waals surface area contributed by atoms with Crippen molar-refractivity contribution in [3.05, 3.63) is 88.7 Å². The minimum Gasteiger partial charge on any atom is -0.397 e. The quantitative estimate of drug-likeness (QED) is 0.207. The van der Waals surface area contributed by atoms with Crippen LogP contribution in [-0.2, 0) is 10.0 Å². The first-order chi connectivity index (χ1) is 19.6. The van der Waals surface area contributed by atoms with Gasteiger partial charge in [0.2, 0.25) is 0 Å². The van der Waals surface area contributed by atoms with Gasteiger partial charge in [0.1, 0.15) is 33.8 Å². The Morgan fingerprint density at radius 3 is 2.56 bits per heavy atom. The van der Waals surface area contributed by atoms with E-state index in [9.17, 15) is 12.8 Å². The molecule has 6 aromatic rings. The molecule has 4 N–H and O–H groups in total. The summed E-state index contributed by atoms with van der Waals surface area (Å²) < 4.78 is 59.9. The number of aromatic nitrogens is 6. The monoisotopic (exact) mass is 613 g/mol. The average Bonchev–Trinajstić information content (AvgIpc) is 3.39. The Balaban J connectivity index is 1.40. The molecule has 0 amide bonds. The van der Waals surface area contributed by atoms with Gasteiger partial charge >= 0.3 is 0 Å². The van der Waals surface area contributed by atoms with E-state index in [0.29, 0.717) is 28.1 Å². The van der Waals surface area contributed by atoms with Crippen molar-refractivity contribution in [1.82, 2.24) is 29.9 Å². The van der Waals surface area contributed by atoms with Crippen LogP contribution in [0.3, 0.4) is 0 Å². The molecule has 0 aliphatic heterocycles. The first-order valence-electron chi connectivity index (χ1n) is 11.6. The zero-order valence-corrected chi connectivity index (χ0v) is 22.7. The Morgan fingerprint density at radius 2 is 1.73 bits per heavy atom. The highest BCUT2D eigenvalue weighted by atomic mass is 35.5. The fourth-order valence-electron chi connectivity index (χ4n) is 4.03. The molecule has 0 fully saturated rings. The fourth-order valence-corrected chi connectivity index (χ4v) is 5.85. The molecule has 0 bridgehead atoms. The summed E-state index contributed by atoms with van der Waals surface area (Å²) in [5, 5.41) is 10.5. The maximum Gasteiger partial charge on any atom is 0.263 e. The molecule has 3 heterocycles. The molecule has 0 aliphatic rings. The zero-order chi connectivity index (χ0) is 28.9. The van der Waals surface area contributed by atoms with Crippen molar-refractivity contribution >= 4 is 78.2 Å². The van der Waals surface area contributed by atoms with Crippen LogP contribution in [0.2, 0.25) is 10.0 Å². The summed E-state index contributed by atoms with van der Waals surface area (Å²) in [4.78, 5) is 12.4. The van der Waals surface area contributed by atoms with Crippen molar-refractivity contribution in [2.75, 3.05) is 15.8 Å². The van der Waals surface area contributed by atoms with Crippen LogP contribution >= 0.6 is 23.2 Å². The van der Waals surface area contributed by atoms with Gasteiger partial charge in [-0.3, -0.25) is 4.72 Å². The van der Waals surface area contributed by atoms with Crippen LogP contribution in [0, 0.1) is 11.6 Å². The lowest BCUT2D eigenvalue weighted by Gasteiger charge is -2.15. The molecule has 41 heavy (non-hydrogen) atoms. The highest BCUT2D eigenvalue weighted by Crippen LogP contribution is 2.34. The number of hydrogen-bond acceptors (Lipinski definition) is 9. The van der Waals surface area contributed by atoms with Gasteiger partial charge in [-0.1, -0.05) is 40.5 Å². The van der Waals surface area contributed by atoms with Crippen molar-refractivity contribution in [2.45, 2.75) is 4.90 Å². The summed E-state index contributed by atoms with van der Waals surface area (Å²) in [6, 6.07) is 14.2. The highest BCUT2D eigenvalue weighted by molar-refractivity contribution is 7.92. The van der Waals surface area contributed by atoms with E-state index in [1.54, 1.807) is 30.3 Å². The average molecular weight is 614 g/mol. The maximum absolute atomic E-state index is 15.6. The minimum absolute atomic E-state index is 0.0126. The van der Waals surface area contributed by atoms with Crippen LogP contribution in [-0.4, -0.2) is 38.4 Å². The Bertz CT molecular complexity index is 2110. The number of anilines is 4. The number of benzene rings is 3. The second kappa shape index (κ2) is 10.1. The Labute approximate surface area is 240 Å². The Morgan fingerprint density at radius 1 is 0.927 bits per heavy atom. The molecule has 6 rings (SSSR count). The molecule has 0 saturated carbocycles. The molecule has 0 radical (unpaired) electrons. The number of nitrogens with two attached hydrogens (primary N) is 1. The molecule has 206 valence electrons. The number of nitrogens with one attached hydrogen (secondary N) is 2. The van der Waals surface area contributed by atoms with Crippen LogP contribution in [0.4, 0.5) is 31.7 Å². The van der Waals surface area contributed by atoms with E-state index >= 15 is 4.39 Å². The SMILES string of the molecule is Nc1cccc2c1nnn2-c1ccc2ncnc(Nc3c(F)ccc(NS(=O)(=O)c4cccc(Cl)c4Cl)c3F)c2n1. The van der Waals surface area contributed by atoms with Gasteiger partial charge in [0, 0.05) is 0 Å². The van der Waals surface area contributed by atoms with Gasteiger partial charge in [-0.25, -0.2) is 32.2 Å². The van der Waals surface area contributed by atoms with E-state index in [1.165, 1.54) is 29.2 Å².